The van der Waals surface area contributed by atoms with Crippen LogP contribution in [0.15, 0.2) is 56.6 Å². The van der Waals surface area contributed by atoms with Gasteiger partial charge in [0.2, 0.25) is 5.43 Å². The molecule has 3 heteroatoms. The molecule has 1 heterocycles. The van der Waals surface area contributed by atoms with Crippen LogP contribution in [0.1, 0.15) is 0 Å². The average molecular weight is 242 g/mol. The minimum absolute atomic E-state index is 0.0396. The summed E-state index contributed by atoms with van der Waals surface area (Å²) in [5.74, 6) is 0. The van der Waals surface area contributed by atoms with Gasteiger partial charge in [-0.25, -0.2) is 0 Å². The van der Waals surface area contributed by atoms with Gasteiger partial charge in [0.1, 0.15) is 11.2 Å². The molecule has 1 aromatic heterocycles. The van der Waals surface area contributed by atoms with E-state index in [1.54, 1.807) is 17.8 Å². The Labute approximate surface area is 102 Å². The predicted octanol–water partition coefficient (Wildman–Crippen LogP) is 3.67. The van der Waals surface area contributed by atoms with E-state index in [1.165, 1.54) is 0 Å². The number of thioether (sulfide) groups is 1. The molecule has 2 aromatic carbocycles. The summed E-state index contributed by atoms with van der Waals surface area (Å²) < 4.78 is 5.72. The maximum absolute atomic E-state index is 12.3. The molecule has 0 radical (unpaired) electrons. The Morgan fingerprint density at radius 2 is 1.76 bits per heavy atom. The number of benzene rings is 2. The van der Waals surface area contributed by atoms with Crippen molar-refractivity contribution in [3.8, 4) is 0 Å². The summed E-state index contributed by atoms with van der Waals surface area (Å²) in [6, 6.07) is 13.0. The van der Waals surface area contributed by atoms with E-state index in [4.69, 9.17) is 4.42 Å². The standard InChI is InChI=1S/C14H10O2S/c1-17-9-6-7-13-11(8-9)14(15)10-4-2-3-5-12(10)16-13/h2-8H,1H3. The van der Waals surface area contributed by atoms with Crippen molar-refractivity contribution in [2.45, 2.75) is 4.90 Å². The molecule has 0 amide bonds. The topological polar surface area (TPSA) is 30.2 Å². The molecule has 3 rings (SSSR count). The molecule has 0 N–H and O–H groups in total. The highest BCUT2D eigenvalue weighted by Crippen LogP contribution is 2.22. The monoisotopic (exact) mass is 242 g/mol. The van der Waals surface area contributed by atoms with E-state index in [9.17, 15) is 4.79 Å². The molecule has 0 aliphatic heterocycles. The Kier molecular flexibility index (Phi) is 2.41. The molecule has 0 bridgehead atoms. The van der Waals surface area contributed by atoms with Crippen molar-refractivity contribution < 1.29 is 4.42 Å². The lowest BCUT2D eigenvalue weighted by Gasteiger charge is -2.02. The van der Waals surface area contributed by atoms with Gasteiger partial charge in [-0.05, 0) is 36.6 Å². The van der Waals surface area contributed by atoms with Gasteiger partial charge in [-0.3, -0.25) is 4.79 Å². The molecule has 84 valence electrons. The number of hydrogen-bond acceptors (Lipinski definition) is 3. The Hall–Kier alpha value is -1.74. The van der Waals surface area contributed by atoms with Crippen LogP contribution in [0.25, 0.3) is 21.9 Å². The first kappa shape index (κ1) is 10.4. The maximum Gasteiger partial charge on any atom is 0.200 e. The second-order valence-corrected chi connectivity index (χ2v) is 4.67. The largest absolute Gasteiger partial charge is 0.456 e. The van der Waals surface area contributed by atoms with Crippen LogP contribution in [-0.2, 0) is 0 Å². The molecule has 0 spiro atoms. The van der Waals surface area contributed by atoms with Crippen LogP contribution in [0.5, 0.6) is 0 Å². The van der Waals surface area contributed by atoms with E-state index in [0.29, 0.717) is 21.9 Å². The molecular weight excluding hydrogens is 232 g/mol. The van der Waals surface area contributed by atoms with Crippen molar-refractivity contribution in [1.29, 1.82) is 0 Å². The molecule has 0 aliphatic rings. The summed E-state index contributed by atoms with van der Waals surface area (Å²) in [5, 5.41) is 1.29. The third kappa shape index (κ3) is 1.63. The van der Waals surface area contributed by atoms with Gasteiger partial charge >= 0.3 is 0 Å². The second kappa shape index (κ2) is 3.93. The minimum Gasteiger partial charge on any atom is -0.456 e. The van der Waals surface area contributed by atoms with Crippen LogP contribution >= 0.6 is 11.8 Å². The van der Waals surface area contributed by atoms with Crippen LogP contribution in [0.2, 0.25) is 0 Å². The van der Waals surface area contributed by atoms with E-state index in [2.05, 4.69) is 0 Å². The van der Waals surface area contributed by atoms with E-state index in [1.807, 2.05) is 42.7 Å². The highest BCUT2D eigenvalue weighted by atomic mass is 32.2. The molecule has 2 nitrogen and oxygen atoms in total. The Morgan fingerprint density at radius 3 is 2.59 bits per heavy atom. The molecule has 0 saturated carbocycles. The quantitative estimate of drug-likeness (QED) is 0.482. The van der Waals surface area contributed by atoms with Crippen molar-refractivity contribution >= 4 is 33.7 Å². The normalized spacial score (nSPS) is 11.1. The van der Waals surface area contributed by atoms with Crippen LogP contribution in [0, 0.1) is 0 Å². The van der Waals surface area contributed by atoms with Crippen molar-refractivity contribution in [3.63, 3.8) is 0 Å². The number of rotatable bonds is 1. The van der Waals surface area contributed by atoms with Crippen LogP contribution < -0.4 is 5.43 Å². The Morgan fingerprint density at radius 1 is 1.00 bits per heavy atom. The smallest absolute Gasteiger partial charge is 0.200 e. The lowest BCUT2D eigenvalue weighted by Crippen LogP contribution is -2.01. The van der Waals surface area contributed by atoms with Gasteiger partial charge in [-0.2, -0.15) is 0 Å². The lowest BCUT2D eigenvalue weighted by atomic mass is 10.1. The molecule has 0 unspecified atom stereocenters. The van der Waals surface area contributed by atoms with Gasteiger partial charge in [0, 0.05) is 4.90 Å². The first-order chi connectivity index (χ1) is 8.29. The zero-order chi connectivity index (χ0) is 11.8. The average Bonchev–Trinajstić information content (AvgIpc) is 2.39. The zero-order valence-electron chi connectivity index (χ0n) is 9.27. The summed E-state index contributed by atoms with van der Waals surface area (Å²) in [6.45, 7) is 0. The fourth-order valence-corrected chi connectivity index (χ4v) is 2.35. The molecule has 0 atom stereocenters. The van der Waals surface area contributed by atoms with Crippen molar-refractivity contribution in [1.82, 2.24) is 0 Å². The summed E-state index contributed by atoms with van der Waals surface area (Å²) in [4.78, 5) is 13.4. The van der Waals surface area contributed by atoms with Gasteiger partial charge in [0.15, 0.2) is 0 Å². The Balaban J connectivity index is 2.51. The van der Waals surface area contributed by atoms with Crippen LogP contribution in [0.4, 0.5) is 0 Å². The predicted molar refractivity (Wildman–Crippen MR) is 71.8 cm³/mol. The first-order valence-electron chi connectivity index (χ1n) is 5.29. The summed E-state index contributed by atoms with van der Waals surface area (Å²) >= 11 is 1.62. The van der Waals surface area contributed by atoms with Crippen molar-refractivity contribution in [2.75, 3.05) is 6.26 Å². The van der Waals surface area contributed by atoms with Gasteiger partial charge in [-0.1, -0.05) is 12.1 Å². The number of hydrogen-bond donors (Lipinski definition) is 0. The maximum atomic E-state index is 12.3. The summed E-state index contributed by atoms with van der Waals surface area (Å²) in [6.07, 6.45) is 1.99. The molecule has 0 saturated heterocycles. The molecule has 0 fully saturated rings. The minimum atomic E-state index is 0.0396. The summed E-state index contributed by atoms with van der Waals surface area (Å²) in [5.41, 5.74) is 1.33. The van der Waals surface area contributed by atoms with E-state index in [0.717, 1.165) is 4.90 Å². The lowest BCUT2D eigenvalue weighted by molar-refractivity contribution is 0.659. The number of fused-ring (bicyclic) bond motifs is 2. The fourth-order valence-electron chi connectivity index (χ4n) is 1.91. The molecule has 0 aliphatic carbocycles. The Bertz CT molecular complexity index is 759. The van der Waals surface area contributed by atoms with Gasteiger partial charge in [0.05, 0.1) is 10.8 Å². The highest BCUT2D eigenvalue weighted by Gasteiger charge is 2.07. The first-order valence-corrected chi connectivity index (χ1v) is 6.51. The molecular formula is C14H10O2S. The SMILES string of the molecule is CSc1ccc2oc3ccccc3c(=O)c2c1. The van der Waals surface area contributed by atoms with E-state index in [-0.39, 0.29) is 5.43 Å². The van der Waals surface area contributed by atoms with Gasteiger partial charge in [-0.15, -0.1) is 11.8 Å². The number of para-hydroxylation sites is 1. The highest BCUT2D eigenvalue weighted by molar-refractivity contribution is 7.98. The van der Waals surface area contributed by atoms with Gasteiger partial charge < -0.3 is 4.42 Å². The summed E-state index contributed by atoms with van der Waals surface area (Å²) in [7, 11) is 0. The molecule has 3 aromatic rings. The van der Waals surface area contributed by atoms with Crippen LogP contribution in [0.3, 0.4) is 0 Å². The molecule has 17 heavy (non-hydrogen) atoms. The third-order valence-corrected chi connectivity index (χ3v) is 3.51. The van der Waals surface area contributed by atoms with Crippen molar-refractivity contribution in [3.05, 3.63) is 52.7 Å². The third-order valence-electron chi connectivity index (χ3n) is 2.78. The van der Waals surface area contributed by atoms with Gasteiger partial charge in [0.25, 0.3) is 0 Å². The van der Waals surface area contributed by atoms with Crippen molar-refractivity contribution in [2.24, 2.45) is 0 Å². The van der Waals surface area contributed by atoms with E-state index >= 15 is 0 Å². The van der Waals surface area contributed by atoms with Crippen LogP contribution in [-0.4, -0.2) is 6.26 Å². The second-order valence-electron chi connectivity index (χ2n) is 3.79. The zero-order valence-corrected chi connectivity index (χ0v) is 10.1. The fraction of sp³-hybridized carbons (Fsp3) is 0.0714. The van der Waals surface area contributed by atoms with E-state index < -0.39 is 0 Å².